The molecular weight excluding hydrogens is 313 g/mol. The van der Waals surface area contributed by atoms with Gasteiger partial charge in [-0.25, -0.2) is 9.97 Å². The van der Waals surface area contributed by atoms with Gasteiger partial charge in [0.15, 0.2) is 5.65 Å². The third kappa shape index (κ3) is 4.72. The second-order valence-electron chi connectivity index (χ2n) is 4.78. The molecule has 10 nitrogen and oxygen atoms in total. The molecule has 122 valence electrons. The summed E-state index contributed by atoms with van der Waals surface area (Å²) in [6.07, 6.45) is 1.40. The van der Waals surface area contributed by atoms with Crippen LogP contribution in [0.5, 0.6) is 5.88 Å². The maximum Gasteiger partial charge on any atom is 0.326 e. The number of hydrogen-bond acceptors (Lipinski definition) is 7. The Balaban J connectivity index is 1.98. The minimum atomic E-state index is -4.07. The molecule has 2 aromatic heterocycles. The zero-order valence-corrected chi connectivity index (χ0v) is 12.6. The van der Waals surface area contributed by atoms with Crippen LogP contribution >= 0.6 is 7.60 Å². The fraction of sp³-hybridized carbons (Fsp3) is 0.545. The molecule has 0 atom stereocenters. The van der Waals surface area contributed by atoms with Gasteiger partial charge in [-0.15, -0.1) is 0 Å². The van der Waals surface area contributed by atoms with E-state index >= 15 is 0 Å². The molecule has 2 aromatic rings. The Morgan fingerprint density at radius 3 is 2.64 bits per heavy atom. The number of H-pyrrole nitrogens is 1. The molecule has 0 fully saturated rings. The largest absolute Gasteiger partial charge is 0.492 e. The van der Waals surface area contributed by atoms with E-state index in [4.69, 9.17) is 14.9 Å². The van der Waals surface area contributed by atoms with E-state index in [-0.39, 0.29) is 25.2 Å². The van der Waals surface area contributed by atoms with Crippen LogP contribution in [0.1, 0.15) is 5.82 Å². The molecule has 2 heterocycles. The number of hydrogen-bond donors (Lipinski definition) is 5. The molecule has 11 heteroatoms. The Labute approximate surface area is 126 Å². The average Bonchev–Trinajstić information content (AvgIpc) is 2.85. The van der Waals surface area contributed by atoms with E-state index < -0.39 is 7.60 Å². The summed E-state index contributed by atoms with van der Waals surface area (Å²) in [6.45, 7) is 0.837. The smallest absolute Gasteiger partial charge is 0.326 e. The van der Waals surface area contributed by atoms with Gasteiger partial charge in [0.25, 0.3) is 0 Å². The van der Waals surface area contributed by atoms with Crippen molar-refractivity contribution in [2.75, 3.05) is 32.4 Å². The summed E-state index contributed by atoms with van der Waals surface area (Å²) in [4.78, 5) is 34.2. The first-order chi connectivity index (χ1) is 10.4. The lowest BCUT2D eigenvalue weighted by Crippen LogP contribution is -2.32. The molecule has 2 rings (SSSR count). The van der Waals surface area contributed by atoms with Crippen LogP contribution in [-0.4, -0.2) is 77.2 Å². The first kappa shape index (κ1) is 16.8. The summed E-state index contributed by atoms with van der Waals surface area (Å²) in [6, 6.07) is 0. The predicted octanol–water partition coefficient (Wildman–Crippen LogP) is -0.927. The molecule has 0 spiro atoms. The van der Waals surface area contributed by atoms with Crippen LogP contribution < -0.4 is 0 Å². The Kier molecular flexibility index (Phi) is 5.43. The molecule has 0 aliphatic rings. The molecule has 0 unspecified atom stereocenters. The van der Waals surface area contributed by atoms with E-state index in [0.29, 0.717) is 36.5 Å². The summed E-state index contributed by atoms with van der Waals surface area (Å²) >= 11 is 0. The normalized spacial score (nSPS) is 12.4. The number of aromatic nitrogens is 4. The number of aliphatic hydroxyl groups excluding tert-OH is 1. The Bertz CT molecular complexity index is 672. The van der Waals surface area contributed by atoms with Crippen molar-refractivity contribution in [1.29, 1.82) is 0 Å². The molecule has 0 amide bonds. The highest BCUT2D eigenvalue weighted by Crippen LogP contribution is 2.33. The fourth-order valence-electron chi connectivity index (χ4n) is 1.99. The quantitative estimate of drug-likeness (QED) is 0.386. The molecule has 0 saturated carbocycles. The summed E-state index contributed by atoms with van der Waals surface area (Å²) in [5, 5.41) is 18.6. The maximum atomic E-state index is 10.9. The van der Waals surface area contributed by atoms with Gasteiger partial charge in [-0.1, -0.05) is 0 Å². The number of nitrogens with one attached hydrogen (secondary N) is 1. The minimum absolute atomic E-state index is 0.104. The van der Waals surface area contributed by atoms with Crippen molar-refractivity contribution in [3.05, 3.63) is 12.2 Å². The van der Waals surface area contributed by atoms with Crippen LogP contribution in [0, 0.1) is 0 Å². The maximum absolute atomic E-state index is 10.9. The highest BCUT2D eigenvalue weighted by atomic mass is 31.2. The molecule has 5 N–H and O–H groups in total. The van der Waals surface area contributed by atoms with Gasteiger partial charge in [-0.05, 0) is 0 Å². The SMILES string of the molecule is O=P(O)(O)CCN(CCO)CCc1nc2ncnc(O)c2[nH]1. The molecule has 0 radical (unpaired) electrons. The molecule has 0 bridgehead atoms. The van der Waals surface area contributed by atoms with E-state index in [1.165, 1.54) is 6.33 Å². The van der Waals surface area contributed by atoms with E-state index in [0.717, 1.165) is 0 Å². The zero-order chi connectivity index (χ0) is 16.2. The molecule has 0 aliphatic carbocycles. The first-order valence-corrected chi connectivity index (χ1v) is 8.45. The Morgan fingerprint density at radius 2 is 2.00 bits per heavy atom. The van der Waals surface area contributed by atoms with Gasteiger partial charge in [-0.2, -0.15) is 4.98 Å². The van der Waals surface area contributed by atoms with Crippen molar-refractivity contribution in [3.63, 3.8) is 0 Å². The molecule has 0 aliphatic heterocycles. The van der Waals surface area contributed by atoms with Gasteiger partial charge in [0.05, 0.1) is 12.8 Å². The average molecular weight is 331 g/mol. The summed E-state index contributed by atoms with van der Waals surface area (Å²) in [5.41, 5.74) is 0.702. The molecule has 22 heavy (non-hydrogen) atoms. The Hall–Kier alpha value is -1.58. The van der Waals surface area contributed by atoms with Gasteiger partial charge in [-0.3, -0.25) is 9.46 Å². The third-order valence-corrected chi connectivity index (χ3v) is 3.89. The number of aromatic hydroxyl groups is 1. The van der Waals surface area contributed by atoms with Gasteiger partial charge in [0.1, 0.15) is 17.7 Å². The summed E-state index contributed by atoms with van der Waals surface area (Å²) in [7, 11) is -4.07. The van der Waals surface area contributed by atoms with E-state index in [2.05, 4.69) is 19.9 Å². The van der Waals surface area contributed by atoms with Crippen molar-refractivity contribution in [2.24, 2.45) is 0 Å². The van der Waals surface area contributed by atoms with Gasteiger partial charge in [0, 0.05) is 26.1 Å². The lowest BCUT2D eigenvalue weighted by Gasteiger charge is -2.20. The van der Waals surface area contributed by atoms with Crippen molar-refractivity contribution in [1.82, 2.24) is 24.8 Å². The molecular formula is C11H18N5O5P. The van der Waals surface area contributed by atoms with Crippen molar-refractivity contribution in [2.45, 2.75) is 6.42 Å². The zero-order valence-electron chi connectivity index (χ0n) is 11.8. The fourth-order valence-corrected chi connectivity index (χ4v) is 2.54. The monoisotopic (exact) mass is 331 g/mol. The first-order valence-electron chi connectivity index (χ1n) is 6.65. The third-order valence-electron chi connectivity index (χ3n) is 3.11. The number of aromatic amines is 1. The van der Waals surface area contributed by atoms with Crippen LogP contribution in [0.4, 0.5) is 0 Å². The highest BCUT2D eigenvalue weighted by Gasteiger charge is 2.16. The van der Waals surface area contributed by atoms with E-state index in [1.807, 2.05) is 0 Å². The van der Waals surface area contributed by atoms with E-state index in [1.54, 1.807) is 4.90 Å². The second kappa shape index (κ2) is 7.12. The van der Waals surface area contributed by atoms with Crippen LogP contribution in [-0.2, 0) is 11.0 Å². The van der Waals surface area contributed by atoms with Crippen molar-refractivity contribution >= 4 is 18.8 Å². The number of nitrogens with zero attached hydrogens (tertiary/aromatic N) is 4. The van der Waals surface area contributed by atoms with Gasteiger partial charge < -0.3 is 25.0 Å². The Morgan fingerprint density at radius 1 is 1.23 bits per heavy atom. The lowest BCUT2D eigenvalue weighted by molar-refractivity contribution is 0.201. The minimum Gasteiger partial charge on any atom is -0.492 e. The van der Waals surface area contributed by atoms with Crippen molar-refractivity contribution in [3.8, 4) is 5.88 Å². The van der Waals surface area contributed by atoms with Crippen molar-refractivity contribution < 1.29 is 24.6 Å². The van der Waals surface area contributed by atoms with Gasteiger partial charge in [0.2, 0.25) is 5.88 Å². The second-order valence-corrected chi connectivity index (χ2v) is 6.56. The predicted molar refractivity (Wildman–Crippen MR) is 77.5 cm³/mol. The van der Waals surface area contributed by atoms with Gasteiger partial charge >= 0.3 is 7.60 Å². The lowest BCUT2D eigenvalue weighted by atomic mass is 10.3. The van der Waals surface area contributed by atoms with Crippen LogP contribution in [0.15, 0.2) is 6.33 Å². The summed E-state index contributed by atoms with van der Waals surface area (Å²) in [5.74, 6) is 0.391. The number of fused-ring (bicyclic) bond motifs is 1. The number of aliphatic hydroxyl groups is 1. The van der Waals surface area contributed by atoms with Crippen LogP contribution in [0.25, 0.3) is 11.2 Å². The number of imidazole rings is 1. The number of rotatable bonds is 8. The summed E-state index contributed by atoms with van der Waals surface area (Å²) < 4.78 is 10.9. The standard InChI is InChI=1S/C11H18N5O5P/c17-5-3-16(4-6-22(19,20)21)2-1-8-14-9-10(15-8)12-7-13-11(9)18/h7,17H,1-6H2,(H2,19,20,21)(H2,12,13,14,15,18). The topological polar surface area (TPSA) is 156 Å². The van der Waals surface area contributed by atoms with E-state index in [9.17, 15) is 9.67 Å². The van der Waals surface area contributed by atoms with Crippen LogP contribution in [0.2, 0.25) is 0 Å². The van der Waals surface area contributed by atoms with Crippen LogP contribution in [0.3, 0.4) is 0 Å². The molecule has 0 aromatic carbocycles. The molecule has 0 saturated heterocycles. The highest BCUT2D eigenvalue weighted by molar-refractivity contribution is 7.51.